The van der Waals surface area contributed by atoms with Crippen LogP contribution in [0.3, 0.4) is 0 Å². The van der Waals surface area contributed by atoms with Crippen molar-refractivity contribution in [2.75, 3.05) is 0 Å². The summed E-state index contributed by atoms with van der Waals surface area (Å²) < 4.78 is 6.02. The lowest BCUT2D eigenvalue weighted by molar-refractivity contribution is 0.0373. The Bertz CT molecular complexity index is 1150. The SMILES string of the molecule is C=C(C)C(OC(=O)c1ccccc1P(c1ccccc1)c1ccccc1)c1ccccc1. The summed E-state index contributed by atoms with van der Waals surface area (Å²) in [5.41, 5.74) is 2.29. The van der Waals surface area contributed by atoms with E-state index >= 15 is 0 Å². The second kappa shape index (κ2) is 10.2. The van der Waals surface area contributed by atoms with Crippen LogP contribution in [0.5, 0.6) is 0 Å². The number of rotatable bonds is 7. The summed E-state index contributed by atoms with van der Waals surface area (Å²) in [5, 5.41) is 3.36. The fraction of sp³-hybridized carbons (Fsp3) is 0.0690. The number of carbonyl (C=O) groups is 1. The second-order valence-corrected chi connectivity index (χ2v) is 9.75. The van der Waals surface area contributed by atoms with Gasteiger partial charge in [-0.3, -0.25) is 0 Å². The molecule has 4 rings (SSSR count). The van der Waals surface area contributed by atoms with Crippen LogP contribution in [0.15, 0.2) is 127 Å². The van der Waals surface area contributed by atoms with Gasteiger partial charge in [-0.05, 0) is 48.0 Å². The molecule has 0 radical (unpaired) electrons. The number of esters is 1. The lowest BCUT2D eigenvalue weighted by atomic mass is 10.0. The van der Waals surface area contributed by atoms with Gasteiger partial charge < -0.3 is 4.74 Å². The Labute approximate surface area is 191 Å². The molecular formula is C29H25O2P. The highest BCUT2D eigenvalue weighted by atomic mass is 31.1. The second-order valence-electron chi connectivity index (χ2n) is 7.57. The van der Waals surface area contributed by atoms with Crippen molar-refractivity contribution in [2.45, 2.75) is 13.0 Å². The van der Waals surface area contributed by atoms with Crippen molar-refractivity contribution in [1.29, 1.82) is 0 Å². The highest BCUT2D eigenvalue weighted by molar-refractivity contribution is 7.80. The third-order valence-corrected chi connectivity index (χ3v) is 7.67. The Hall–Kier alpha value is -3.48. The zero-order valence-corrected chi connectivity index (χ0v) is 18.9. The predicted molar refractivity (Wildman–Crippen MR) is 135 cm³/mol. The van der Waals surface area contributed by atoms with Crippen molar-refractivity contribution in [3.63, 3.8) is 0 Å². The number of hydrogen-bond donors (Lipinski definition) is 0. The Morgan fingerprint density at radius 3 is 1.72 bits per heavy atom. The lowest BCUT2D eigenvalue weighted by Crippen LogP contribution is -2.26. The van der Waals surface area contributed by atoms with E-state index in [0.717, 1.165) is 16.4 Å². The van der Waals surface area contributed by atoms with E-state index in [1.807, 2.05) is 97.9 Å². The van der Waals surface area contributed by atoms with Crippen LogP contribution in [0.2, 0.25) is 0 Å². The Morgan fingerprint density at radius 1 is 0.719 bits per heavy atom. The van der Waals surface area contributed by atoms with Gasteiger partial charge in [0.05, 0.1) is 5.56 Å². The Morgan fingerprint density at radius 2 is 1.19 bits per heavy atom. The molecule has 0 saturated carbocycles. The van der Waals surface area contributed by atoms with Crippen LogP contribution in [0.1, 0.15) is 28.9 Å². The van der Waals surface area contributed by atoms with Crippen LogP contribution in [-0.2, 0) is 4.74 Å². The molecule has 158 valence electrons. The number of carbonyl (C=O) groups excluding carboxylic acids is 1. The minimum Gasteiger partial charge on any atom is -0.449 e. The molecule has 0 aliphatic carbocycles. The highest BCUT2D eigenvalue weighted by Crippen LogP contribution is 2.35. The maximum atomic E-state index is 13.5. The van der Waals surface area contributed by atoms with Gasteiger partial charge in [0, 0.05) is 0 Å². The van der Waals surface area contributed by atoms with Crippen LogP contribution >= 0.6 is 7.92 Å². The van der Waals surface area contributed by atoms with E-state index in [2.05, 4.69) is 30.8 Å². The topological polar surface area (TPSA) is 26.3 Å². The zero-order chi connectivity index (χ0) is 22.3. The van der Waals surface area contributed by atoms with Gasteiger partial charge in [-0.1, -0.05) is 116 Å². The Kier molecular flexibility index (Phi) is 6.94. The molecular weight excluding hydrogens is 411 g/mol. The van der Waals surface area contributed by atoms with Crippen molar-refractivity contribution in [3.05, 3.63) is 139 Å². The first-order chi connectivity index (χ1) is 15.6. The van der Waals surface area contributed by atoms with Crippen LogP contribution in [0.25, 0.3) is 0 Å². The van der Waals surface area contributed by atoms with E-state index in [-0.39, 0.29) is 5.97 Å². The smallest absolute Gasteiger partial charge is 0.339 e. The molecule has 0 amide bonds. The fourth-order valence-corrected chi connectivity index (χ4v) is 6.11. The van der Waals surface area contributed by atoms with E-state index in [0.29, 0.717) is 5.56 Å². The summed E-state index contributed by atoms with van der Waals surface area (Å²) in [6.45, 7) is 5.94. The van der Waals surface area contributed by atoms with Crippen LogP contribution < -0.4 is 15.9 Å². The van der Waals surface area contributed by atoms with Gasteiger partial charge in [0.2, 0.25) is 0 Å². The average Bonchev–Trinajstić information content (AvgIpc) is 2.84. The average molecular weight is 436 g/mol. The van der Waals surface area contributed by atoms with E-state index < -0.39 is 14.0 Å². The first-order valence-electron chi connectivity index (χ1n) is 10.6. The van der Waals surface area contributed by atoms with Crippen molar-refractivity contribution < 1.29 is 9.53 Å². The zero-order valence-electron chi connectivity index (χ0n) is 18.0. The molecule has 0 saturated heterocycles. The van der Waals surface area contributed by atoms with Crippen molar-refractivity contribution in [3.8, 4) is 0 Å². The Balaban J connectivity index is 1.75. The molecule has 4 aromatic carbocycles. The molecule has 4 aromatic rings. The molecule has 0 N–H and O–H groups in total. The molecule has 0 aromatic heterocycles. The molecule has 0 aliphatic rings. The normalized spacial score (nSPS) is 11.7. The van der Waals surface area contributed by atoms with Crippen molar-refractivity contribution in [1.82, 2.24) is 0 Å². The van der Waals surface area contributed by atoms with Crippen LogP contribution in [0, 0.1) is 0 Å². The number of ether oxygens (including phenoxy) is 1. The van der Waals surface area contributed by atoms with Gasteiger partial charge in [0.25, 0.3) is 0 Å². The molecule has 0 heterocycles. The summed E-state index contributed by atoms with van der Waals surface area (Å²) in [7, 11) is -0.917. The third kappa shape index (κ3) is 4.88. The molecule has 3 heteroatoms. The van der Waals surface area contributed by atoms with Gasteiger partial charge in [-0.15, -0.1) is 0 Å². The maximum Gasteiger partial charge on any atom is 0.339 e. The number of hydrogen-bond acceptors (Lipinski definition) is 2. The van der Waals surface area contributed by atoms with E-state index in [4.69, 9.17) is 4.74 Å². The quantitative estimate of drug-likeness (QED) is 0.204. The molecule has 0 bridgehead atoms. The van der Waals surface area contributed by atoms with Gasteiger partial charge in [0.1, 0.15) is 6.10 Å². The standard InChI is InChI=1S/C29H25O2P/c1-22(2)28(23-14-6-3-7-15-23)31-29(30)26-20-12-13-21-27(26)32(24-16-8-4-9-17-24)25-18-10-5-11-19-25/h3-21,28H,1H2,2H3. The summed E-state index contributed by atoms with van der Waals surface area (Å²) in [5.74, 6) is -0.336. The molecule has 0 aliphatic heterocycles. The van der Waals surface area contributed by atoms with E-state index in [9.17, 15) is 4.79 Å². The first-order valence-corrected chi connectivity index (χ1v) is 11.9. The fourth-order valence-electron chi connectivity index (χ4n) is 3.67. The molecule has 0 fully saturated rings. The summed E-state index contributed by atoms with van der Waals surface area (Å²) in [4.78, 5) is 13.5. The van der Waals surface area contributed by atoms with Crippen LogP contribution in [-0.4, -0.2) is 5.97 Å². The highest BCUT2D eigenvalue weighted by Gasteiger charge is 2.25. The number of benzene rings is 4. The van der Waals surface area contributed by atoms with Gasteiger partial charge in [0.15, 0.2) is 0 Å². The monoisotopic (exact) mass is 436 g/mol. The van der Waals surface area contributed by atoms with Crippen LogP contribution in [0.4, 0.5) is 0 Å². The van der Waals surface area contributed by atoms with Gasteiger partial charge in [-0.25, -0.2) is 4.79 Å². The molecule has 32 heavy (non-hydrogen) atoms. The van der Waals surface area contributed by atoms with Gasteiger partial charge >= 0.3 is 5.97 Å². The molecule has 1 atom stereocenters. The summed E-state index contributed by atoms with van der Waals surface area (Å²) >= 11 is 0. The first kappa shape index (κ1) is 21.7. The van der Waals surface area contributed by atoms with Crippen molar-refractivity contribution >= 4 is 29.8 Å². The minimum absolute atomic E-state index is 0.336. The largest absolute Gasteiger partial charge is 0.449 e. The molecule has 2 nitrogen and oxygen atoms in total. The minimum atomic E-state index is -0.917. The summed E-state index contributed by atoms with van der Waals surface area (Å²) in [6.07, 6.45) is -0.489. The van der Waals surface area contributed by atoms with E-state index in [1.165, 1.54) is 10.6 Å². The maximum absolute atomic E-state index is 13.5. The molecule has 1 unspecified atom stereocenters. The molecule has 0 spiro atoms. The summed E-state index contributed by atoms with van der Waals surface area (Å²) in [6, 6.07) is 38.2. The van der Waals surface area contributed by atoms with E-state index in [1.54, 1.807) is 0 Å². The van der Waals surface area contributed by atoms with Crippen molar-refractivity contribution in [2.24, 2.45) is 0 Å². The lowest BCUT2D eigenvalue weighted by Gasteiger charge is -2.23. The predicted octanol–water partition coefficient (Wildman–Crippen LogP) is 5.92. The third-order valence-electron chi connectivity index (χ3n) is 5.17. The van der Waals surface area contributed by atoms with Gasteiger partial charge in [-0.2, -0.15) is 0 Å².